The smallest absolute Gasteiger partial charge is 0.123 e. The summed E-state index contributed by atoms with van der Waals surface area (Å²) in [7, 11) is 0. The molecule has 0 N–H and O–H groups in total. The zero-order valence-electron chi connectivity index (χ0n) is 10.9. The summed E-state index contributed by atoms with van der Waals surface area (Å²) in [6.45, 7) is 2.47. The van der Waals surface area contributed by atoms with Crippen LogP contribution in [0.1, 0.15) is 37.7 Å². The van der Waals surface area contributed by atoms with Gasteiger partial charge < -0.3 is 9.64 Å². The minimum atomic E-state index is 0.129. The Kier molecular flexibility index (Phi) is 2.41. The van der Waals surface area contributed by atoms with Crippen molar-refractivity contribution in [2.75, 3.05) is 13.1 Å². The van der Waals surface area contributed by atoms with Crippen molar-refractivity contribution in [3.05, 3.63) is 29.8 Å². The summed E-state index contributed by atoms with van der Waals surface area (Å²) in [5, 5.41) is 0. The molecule has 1 aliphatic carbocycles. The maximum atomic E-state index is 6.29. The Morgan fingerprint density at radius 2 is 1.89 bits per heavy atom. The number of rotatable bonds is 1. The monoisotopic (exact) mass is 243 g/mol. The van der Waals surface area contributed by atoms with Gasteiger partial charge in [0.1, 0.15) is 11.4 Å². The first-order chi connectivity index (χ1) is 8.85. The number of hydrogen-bond acceptors (Lipinski definition) is 2. The highest BCUT2D eigenvalue weighted by atomic mass is 16.5. The van der Waals surface area contributed by atoms with E-state index in [1.807, 2.05) is 0 Å². The van der Waals surface area contributed by atoms with Crippen LogP contribution in [0.2, 0.25) is 0 Å². The molecule has 0 bridgehead atoms. The van der Waals surface area contributed by atoms with Crippen LogP contribution in [0.4, 0.5) is 0 Å². The van der Waals surface area contributed by atoms with Crippen LogP contribution in [0.25, 0.3) is 0 Å². The fourth-order valence-corrected chi connectivity index (χ4v) is 3.69. The molecule has 4 rings (SSSR count). The lowest BCUT2D eigenvalue weighted by atomic mass is 9.84. The largest absolute Gasteiger partial charge is 0.487 e. The van der Waals surface area contributed by atoms with E-state index in [0.29, 0.717) is 0 Å². The van der Waals surface area contributed by atoms with Gasteiger partial charge in [-0.25, -0.2) is 0 Å². The van der Waals surface area contributed by atoms with E-state index in [4.69, 9.17) is 4.74 Å². The Balaban J connectivity index is 1.46. The van der Waals surface area contributed by atoms with Crippen LogP contribution in [0, 0.1) is 0 Å². The minimum absolute atomic E-state index is 0.129. The Hall–Kier alpha value is -1.02. The molecule has 0 unspecified atom stereocenters. The molecule has 1 saturated heterocycles. The number of fused-ring (bicyclic) bond motifs is 1. The van der Waals surface area contributed by atoms with Gasteiger partial charge in [0.25, 0.3) is 0 Å². The van der Waals surface area contributed by atoms with E-state index in [9.17, 15) is 0 Å². The van der Waals surface area contributed by atoms with Gasteiger partial charge >= 0.3 is 0 Å². The van der Waals surface area contributed by atoms with Crippen LogP contribution in [0.5, 0.6) is 5.75 Å². The Morgan fingerprint density at radius 3 is 2.56 bits per heavy atom. The molecular formula is C16H21NO. The predicted molar refractivity (Wildman–Crippen MR) is 72.0 cm³/mol. The molecule has 1 aromatic carbocycles. The van der Waals surface area contributed by atoms with Gasteiger partial charge in [0.05, 0.1) is 0 Å². The molecule has 1 saturated carbocycles. The summed E-state index contributed by atoms with van der Waals surface area (Å²) in [5.74, 6) is 1.13. The second-order valence-electron chi connectivity index (χ2n) is 6.19. The first-order valence-corrected chi connectivity index (χ1v) is 7.36. The number of hydrogen-bond donors (Lipinski definition) is 0. The Labute approximate surface area is 109 Å². The van der Waals surface area contributed by atoms with Crippen LogP contribution in [0.3, 0.4) is 0 Å². The molecule has 2 heterocycles. The van der Waals surface area contributed by atoms with Gasteiger partial charge in [-0.2, -0.15) is 0 Å². The molecule has 0 aromatic heterocycles. The van der Waals surface area contributed by atoms with E-state index in [0.717, 1.165) is 18.2 Å². The summed E-state index contributed by atoms with van der Waals surface area (Å²) in [5.41, 5.74) is 1.54. The maximum Gasteiger partial charge on any atom is 0.123 e. The maximum absolute atomic E-state index is 6.29. The molecule has 2 heteroatoms. The van der Waals surface area contributed by atoms with Crippen molar-refractivity contribution in [2.24, 2.45) is 0 Å². The zero-order valence-corrected chi connectivity index (χ0v) is 10.9. The van der Waals surface area contributed by atoms with Crippen molar-refractivity contribution in [3.63, 3.8) is 0 Å². The second-order valence-corrected chi connectivity index (χ2v) is 6.19. The van der Waals surface area contributed by atoms with Crippen molar-refractivity contribution < 1.29 is 4.74 Å². The average molecular weight is 243 g/mol. The van der Waals surface area contributed by atoms with Gasteiger partial charge in [-0.1, -0.05) is 24.6 Å². The van der Waals surface area contributed by atoms with Crippen LogP contribution in [0.15, 0.2) is 24.3 Å². The molecule has 18 heavy (non-hydrogen) atoms. The molecule has 2 fully saturated rings. The lowest BCUT2D eigenvalue weighted by molar-refractivity contribution is -0.00746. The molecule has 2 aliphatic heterocycles. The quantitative estimate of drug-likeness (QED) is 0.752. The van der Waals surface area contributed by atoms with Crippen LogP contribution in [-0.2, 0) is 6.42 Å². The summed E-state index contributed by atoms with van der Waals surface area (Å²) in [4.78, 5) is 2.70. The van der Waals surface area contributed by atoms with Gasteiger partial charge in [0.15, 0.2) is 0 Å². The fraction of sp³-hybridized carbons (Fsp3) is 0.625. The highest BCUT2D eigenvalue weighted by Gasteiger charge is 2.43. The average Bonchev–Trinajstić information content (AvgIpc) is 2.68. The number of benzene rings is 1. The molecule has 1 aromatic rings. The third kappa shape index (κ3) is 1.66. The van der Waals surface area contributed by atoms with E-state index < -0.39 is 0 Å². The summed E-state index contributed by atoms with van der Waals surface area (Å²) >= 11 is 0. The van der Waals surface area contributed by atoms with Crippen molar-refractivity contribution in [1.82, 2.24) is 4.90 Å². The molecule has 96 valence electrons. The van der Waals surface area contributed by atoms with Crippen molar-refractivity contribution >= 4 is 0 Å². The van der Waals surface area contributed by atoms with E-state index >= 15 is 0 Å². The molecule has 0 amide bonds. The molecule has 3 aliphatic rings. The van der Waals surface area contributed by atoms with Gasteiger partial charge in [-0.05, 0) is 24.5 Å². The molecule has 2 nitrogen and oxygen atoms in total. The number of nitrogens with zero attached hydrogens (tertiary/aromatic N) is 1. The summed E-state index contributed by atoms with van der Waals surface area (Å²) in [6.07, 6.45) is 7.83. The molecular weight excluding hydrogens is 222 g/mol. The predicted octanol–water partition coefficient (Wildman–Crippen LogP) is 3.01. The number of ether oxygens (including phenoxy) is 1. The minimum Gasteiger partial charge on any atom is -0.487 e. The zero-order chi connectivity index (χ0) is 12.0. The second kappa shape index (κ2) is 3.99. The molecule has 0 radical (unpaired) electrons. The molecule has 1 spiro atoms. The fourth-order valence-electron chi connectivity index (χ4n) is 3.69. The summed E-state index contributed by atoms with van der Waals surface area (Å²) < 4.78 is 6.29. The standard InChI is InChI=1S/C16H21NO/c1-2-7-15-13(4-1)12-16(18-15)8-10-17(11-9-16)14-5-3-6-14/h1-2,4,7,14H,3,5-6,8-12H2. The number of piperidine rings is 1. The van der Waals surface area contributed by atoms with Gasteiger partial charge in [0, 0.05) is 38.4 Å². The lowest BCUT2D eigenvalue weighted by Gasteiger charge is -2.45. The Morgan fingerprint density at radius 1 is 1.11 bits per heavy atom. The van der Waals surface area contributed by atoms with Crippen molar-refractivity contribution in [1.29, 1.82) is 0 Å². The number of likely N-dealkylation sites (tertiary alicyclic amines) is 1. The number of para-hydroxylation sites is 1. The first kappa shape index (κ1) is 10.9. The lowest BCUT2D eigenvalue weighted by Crippen LogP contribution is -2.52. The highest BCUT2D eigenvalue weighted by molar-refractivity contribution is 5.39. The molecule has 0 atom stereocenters. The van der Waals surface area contributed by atoms with Crippen molar-refractivity contribution in [3.8, 4) is 5.75 Å². The van der Waals surface area contributed by atoms with E-state index in [1.165, 1.54) is 50.8 Å². The van der Waals surface area contributed by atoms with Crippen LogP contribution < -0.4 is 4.74 Å². The van der Waals surface area contributed by atoms with Gasteiger partial charge in [-0.3, -0.25) is 0 Å². The SMILES string of the molecule is c1ccc2c(c1)CC1(CCN(C3CCC3)CC1)O2. The third-order valence-electron chi connectivity index (χ3n) is 5.11. The summed E-state index contributed by atoms with van der Waals surface area (Å²) in [6, 6.07) is 9.46. The van der Waals surface area contributed by atoms with E-state index in [1.54, 1.807) is 0 Å². The normalized spacial score (nSPS) is 26.7. The Bertz CT molecular complexity index is 417. The third-order valence-corrected chi connectivity index (χ3v) is 5.11. The van der Waals surface area contributed by atoms with Crippen molar-refractivity contribution in [2.45, 2.75) is 50.2 Å². The highest BCUT2D eigenvalue weighted by Crippen LogP contribution is 2.41. The van der Waals surface area contributed by atoms with E-state index in [2.05, 4.69) is 29.2 Å². The van der Waals surface area contributed by atoms with Crippen LogP contribution >= 0.6 is 0 Å². The first-order valence-electron chi connectivity index (χ1n) is 7.36. The topological polar surface area (TPSA) is 12.5 Å². The van der Waals surface area contributed by atoms with Gasteiger partial charge in [0.2, 0.25) is 0 Å². The van der Waals surface area contributed by atoms with Gasteiger partial charge in [-0.15, -0.1) is 0 Å². The van der Waals surface area contributed by atoms with E-state index in [-0.39, 0.29) is 5.60 Å². The van der Waals surface area contributed by atoms with Crippen LogP contribution in [-0.4, -0.2) is 29.6 Å².